The van der Waals surface area contributed by atoms with Crippen LogP contribution in [-0.2, 0) is 11.2 Å². The molecule has 1 aliphatic heterocycles. The number of likely N-dealkylation sites (N-methyl/N-ethyl adjacent to an activating group) is 1. The molecule has 0 unspecified atom stereocenters. The van der Waals surface area contributed by atoms with Gasteiger partial charge in [-0.2, -0.15) is 0 Å². The molecule has 23 heavy (non-hydrogen) atoms. The van der Waals surface area contributed by atoms with E-state index in [0.717, 1.165) is 25.9 Å². The van der Waals surface area contributed by atoms with Crippen LogP contribution >= 0.6 is 0 Å². The van der Waals surface area contributed by atoms with Crippen LogP contribution in [0.3, 0.4) is 0 Å². The Labute approximate surface area is 140 Å². The first-order valence-corrected chi connectivity index (χ1v) is 9.03. The van der Waals surface area contributed by atoms with Crippen molar-refractivity contribution < 1.29 is 4.79 Å². The fraction of sp³-hybridized carbons (Fsp3) is 0.632. The van der Waals surface area contributed by atoms with E-state index in [1.165, 1.54) is 44.7 Å². The van der Waals surface area contributed by atoms with Crippen LogP contribution in [0.4, 0.5) is 0 Å². The van der Waals surface area contributed by atoms with Crippen LogP contribution in [0.25, 0.3) is 0 Å². The molecule has 1 aliphatic rings. The van der Waals surface area contributed by atoms with Gasteiger partial charge in [0.15, 0.2) is 0 Å². The van der Waals surface area contributed by atoms with Crippen LogP contribution in [0.2, 0.25) is 0 Å². The Bertz CT molecular complexity index is 441. The largest absolute Gasteiger partial charge is 0.356 e. The minimum atomic E-state index is 0.172. The molecule has 0 radical (unpaired) electrons. The van der Waals surface area contributed by atoms with Gasteiger partial charge in [0.2, 0.25) is 5.91 Å². The molecule has 1 fully saturated rings. The summed E-state index contributed by atoms with van der Waals surface area (Å²) in [6, 6.07) is 10.2. The molecule has 1 heterocycles. The Balaban J connectivity index is 1.46. The number of carbonyl (C=O) groups is 1. The van der Waals surface area contributed by atoms with Crippen molar-refractivity contribution in [3.63, 3.8) is 0 Å². The lowest BCUT2D eigenvalue weighted by Gasteiger charge is -2.33. The highest BCUT2D eigenvalue weighted by Crippen LogP contribution is 2.04. The van der Waals surface area contributed by atoms with Gasteiger partial charge < -0.3 is 15.1 Å². The zero-order chi connectivity index (χ0) is 16.3. The van der Waals surface area contributed by atoms with Gasteiger partial charge in [-0.05, 0) is 37.9 Å². The maximum atomic E-state index is 11.8. The van der Waals surface area contributed by atoms with Crippen molar-refractivity contribution in [3.8, 4) is 0 Å². The number of rotatable bonds is 9. The summed E-state index contributed by atoms with van der Waals surface area (Å²) >= 11 is 0. The maximum Gasteiger partial charge on any atom is 0.220 e. The van der Waals surface area contributed by atoms with E-state index in [4.69, 9.17) is 0 Å². The van der Waals surface area contributed by atoms with Crippen LogP contribution < -0.4 is 5.32 Å². The number of unbranched alkanes of at least 4 members (excludes halogenated alkanes) is 1. The highest BCUT2D eigenvalue weighted by atomic mass is 16.1. The third-order valence-electron chi connectivity index (χ3n) is 4.62. The summed E-state index contributed by atoms with van der Waals surface area (Å²) < 4.78 is 0. The summed E-state index contributed by atoms with van der Waals surface area (Å²) in [5.74, 6) is 0.172. The monoisotopic (exact) mass is 317 g/mol. The van der Waals surface area contributed by atoms with Crippen molar-refractivity contribution in [1.29, 1.82) is 0 Å². The van der Waals surface area contributed by atoms with Gasteiger partial charge in [0.25, 0.3) is 0 Å². The lowest BCUT2D eigenvalue weighted by molar-refractivity contribution is -0.121. The van der Waals surface area contributed by atoms with Crippen LogP contribution in [0.5, 0.6) is 0 Å². The molecule has 1 N–H and O–H groups in total. The summed E-state index contributed by atoms with van der Waals surface area (Å²) in [7, 11) is 0. The van der Waals surface area contributed by atoms with Gasteiger partial charge in [-0.1, -0.05) is 37.3 Å². The molecule has 0 saturated carbocycles. The molecule has 1 saturated heterocycles. The fourth-order valence-electron chi connectivity index (χ4n) is 3.01. The van der Waals surface area contributed by atoms with E-state index in [0.29, 0.717) is 6.42 Å². The molecule has 0 atom stereocenters. The van der Waals surface area contributed by atoms with Gasteiger partial charge in [0.05, 0.1) is 0 Å². The molecule has 0 spiro atoms. The minimum Gasteiger partial charge on any atom is -0.356 e. The number of hydrogen-bond acceptors (Lipinski definition) is 3. The van der Waals surface area contributed by atoms with Crippen molar-refractivity contribution in [2.24, 2.45) is 0 Å². The van der Waals surface area contributed by atoms with E-state index >= 15 is 0 Å². The number of amides is 1. The Hall–Kier alpha value is -1.39. The van der Waals surface area contributed by atoms with E-state index in [9.17, 15) is 4.79 Å². The van der Waals surface area contributed by atoms with Gasteiger partial charge >= 0.3 is 0 Å². The quantitative estimate of drug-likeness (QED) is 0.709. The fourth-order valence-corrected chi connectivity index (χ4v) is 3.01. The average molecular weight is 317 g/mol. The molecule has 128 valence electrons. The lowest BCUT2D eigenvalue weighted by Crippen LogP contribution is -2.46. The van der Waals surface area contributed by atoms with Crippen molar-refractivity contribution >= 4 is 5.91 Å². The molecule has 2 rings (SSSR count). The zero-order valence-corrected chi connectivity index (χ0v) is 14.5. The van der Waals surface area contributed by atoms with E-state index in [-0.39, 0.29) is 5.91 Å². The SMILES string of the molecule is CCN1CCN(CCCCNC(=O)CCc2ccccc2)CC1. The van der Waals surface area contributed by atoms with Crippen molar-refractivity contribution in [2.45, 2.75) is 32.6 Å². The number of benzene rings is 1. The second kappa shape index (κ2) is 10.4. The molecular weight excluding hydrogens is 286 g/mol. The second-order valence-electron chi connectivity index (χ2n) is 6.32. The number of carbonyl (C=O) groups excluding carboxylic acids is 1. The standard InChI is InChI=1S/C19H31N3O/c1-2-21-14-16-22(17-15-21)13-7-6-12-20-19(23)11-10-18-8-4-3-5-9-18/h3-5,8-9H,2,6-7,10-17H2,1H3,(H,20,23). The summed E-state index contributed by atoms with van der Waals surface area (Å²) in [6.45, 7) is 10.2. The predicted molar refractivity (Wildman–Crippen MR) is 95.6 cm³/mol. The molecule has 0 aromatic heterocycles. The number of hydrogen-bond donors (Lipinski definition) is 1. The second-order valence-corrected chi connectivity index (χ2v) is 6.32. The van der Waals surface area contributed by atoms with Gasteiger partial charge in [-0.15, -0.1) is 0 Å². The number of aryl methyl sites for hydroxylation is 1. The molecular formula is C19H31N3O. The predicted octanol–water partition coefficient (Wildman–Crippen LogP) is 2.15. The maximum absolute atomic E-state index is 11.8. The summed E-state index contributed by atoms with van der Waals surface area (Å²) in [5, 5.41) is 3.04. The van der Waals surface area contributed by atoms with Crippen molar-refractivity contribution in [3.05, 3.63) is 35.9 Å². The Kier molecular flexibility index (Phi) is 8.12. The van der Waals surface area contributed by atoms with E-state index < -0.39 is 0 Å². The van der Waals surface area contributed by atoms with Crippen molar-refractivity contribution in [2.75, 3.05) is 45.8 Å². The van der Waals surface area contributed by atoms with Gasteiger partial charge in [-0.25, -0.2) is 0 Å². The Morgan fingerprint density at radius 1 is 1.04 bits per heavy atom. The number of nitrogens with zero attached hydrogens (tertiary/aromatic N) is 2. The minimum absolute atomic E-state index is 0.172. The first kappa shape index (κ1) is 18.0. The summed E-state index contributed by atoms with van der Waals surface area (Å²) in [5.41, 5.74) is 1.23. The first-order valence-electron chi connectivity index (χ1n) is 9.03. The molecule has 0 aliphatic carbocycles. The summed E-state index contributed by atoms with van der Waals surface area (Å²) in [4.78, 5) is 16.9. The Morgan fingerprint density at radius 2 is 1.74 bits per heavy atom. The van der Waals surface area contributed by atoms with Crippen LogP contribution in [0.15, 0.2) is 30.3 Å². The molecule has 4 heteroatoms. The smallest absolute Gasteiger partial charge is 0.220 e. The van der Waals surface area contributed by atoms with Crippen LogP contribution in [0, 0.1) is 0 Å². The van der Waals surface area contributed by atoms with Crippen LogP contribution in [-0.4, -0.2) is 61.5 Å². The lowest BCUT2D eigenvalue weighted by atomic mass is 10.1. The average Bonchev–Trinajstić information content (AvgIpc) is 2.61. The van der Waals surface area contributed by atoms with Crippen molar-refractivity contribution in [1.82, 2.24) is 15.1 Å². The molecule has 1 aromatic carbocycles. The zero-order valence-electron chi connectivity index (χ0n) is 14.5. The van der Waals surface area contributed by atoms with E-state index in [1.807, 2.05) is 18.2 Å². The molecule has 1 amide bonds. The number of piperazine rings is 1. The van der Waals surface area contributed by atoms with Gasteiger partial charge in [0.1, 0.15) is 0 Å². The van der Waals surface area contributed by atoms with E-state index in [1.54, 1.807) is 0 Å². The molecule has 4 nitrogen and oxygen atoms in total. The highest BCUT2D eigenvalue weighted by Gasteiger charge is 2.14. The molecule has 1 aromatic rings. The van der Waals surface area contributed by atoms with Crippen LogP contribution in [0.1, 0.15) is 31.7 Å². The van der Waals surface area contributed by atoms with Gasteiger partial charge in [0, 0.05) is 39.1 Å². The highest BCUT2D eigenvalue weighted by molar-refractivity contribution is 5.76. The molecule has 0 bridgehead atoms. The Morgan fingerprint density at radius 3 is 2.43 bits per heavy atom. The van der Waals surface area contributed by atoms with Gasteiger partial charge in [-0.3, -0.25) is 4.79 Å². The normalized spacial score (nSPS) is 16.4. The number of nitrogens with one attached hydrogen (secondary N) is 1. The third-order valence-corrected chi connectivity index (χ3v) is 4.62. The van der Waals surface area contributed by atoms with E-state index in [2.05, 4.69) is 34.2 Å². The first-order chi connectivity index (χ1) is 11.3. The topological polar surface area (TPSA) is 35.6 Å². The summed E-state index contributed by atoms with van der Waals surface area (Å²) in [6.07, 6.45) is 3.66. The third kappa shape index (κ3) is 7.14.